The molecule has 32 heavy (non-hydrogen) atoms. The second kappa shape index (κ2) is 9.23. The fraction of sp³-hybridized carbons (Fsp3) is 0.214. The lowest BCUT2D eigenvalue weighted by Crippen LogP contribution is -2.51. The molecule has 4 nitrogen and oxygen atoms in total. The summed E-state index contributed by atoms with van der Waals surface area (Å²) in [7, 11) is 0. The van der Waals surface area contributed by atoms with Crippen molar-refractivity contribution >= 4 is 12.0 Å². The Balaban J connectivity index is 1.79. The third-order valence-corrected chi connectivity index (χ3v) is 6.26. The number of hydrogen-bond acceptors (Lipinski definition) is 3. The number of rotatable bonds is 7. The molecule has 0 aliphatic carbocycles. The zero-order chi connectivity index (χ0) is 22.6. The van der Waals surface area contributed by atoms with Crippen molar-refractivity contribution < 1.29 is 14.3 Å². The van der Waals surface area contributed by atoms with Crippen LogP contribution < -0.4 is 0 Å². The lowest BCUT2D eigenvalue weighted by Gasteiger charge is -2.35. The van der Waals surface area contributed by atoms with Crippen molar-refractivity contribution in [3.8, 4) is 0 Å². The van der Waals surface area contributed by atoms with Crippen LogP contribution in [0.2, 0.25) is 0 Å². The van der Waals surface area contributed by atoms with Crippen LogP contribution in [0, 0.1) is 0 Å². The summed E-state index contributed by atoms with van der Waals surface area (Å²) in [4.78, 5) is 28.3. The van der Waals surface area contributed by atoms with E-state index < -0.39 is 17.6 Å². The molecular formula is C28H27NO3. The molecule has 0 unspecified atom stereocenters. The summed E-state index contributed by atoms with van der Waals surface area (Å²) in [6.07, 6.45) is 1.55. The highest BCUT2D eigenvalue weighted by Crippen LogP contribution is 2.38. The number of amides is 2. The summed E-state index contributed by atoms with van der Waals surface area (Å²) in [5.74, 6) is -0.468. The maximum Gasteiger partial charge on any atom is 0.417 e. The van der Waals surface area contributed by atoms with Gasteiger partial charge in [-0.25, -0.2) is 9.69 Å². The Bertz CT molecular complexity index is 1040. The molecule has 0 N–H and O–H groups in total. The van der Waals surface area contributed by atoms with Gasteiger partial charge in [0.2, 0.25) is 5.91 Å². The van der Waals surface area contributed by atoms with Gasteiger partial charge in [0.15, 0.2) is 0 Å². The van der Waals surface area contributed by atoms with Crippen LogP contribution in [-0.2, 0) is 14.9 Å². The van der Waals surface area contributed by atoms with Gasteiger partial charge in [-0.3, -0.25) is 4.79 Å². The molecule has 1 saturated heterocycles. The van der Waals surface area contributed by atoms with Crippen molar-refractivity contribution in [3.63, 3.8) is 0 Å². The van der Waals surface area contributed by atoms with Crippen LogP contribution in [0.25, 0.3) is 0 Å². The monoisotopic (exact) mass is 425 g/mol. The minimum Gasteiger partial charge on any atom is -0.447 e. The van der Waals surface area contributed by atoms with Crippen molar-refractivity contribution in [2.45, 2.75) is 30.7 Å². The first-order valence-electron chi connectivity index (χ1n) is 10.8. The highest BCUT2D eigenvalue weighted by molar-refractivity contribution is 6.00. The molecule has 3 aromatic rings. The molecule has 2 atom stereocenters. The number of hydrogen-bond donors (Lipinski definition) is 0. The smallest absolute Gasteiger partial charge is 0.417 e. The summed E-state index contributed by atoms with van der Waals surface area (Å²) in [5.41, 5.74) is 1.98. The van der Waals surface area contributed by atoms with Crippen LogP contribution in [-0.4, -0.2) is 29.5 Å². The van der Waals surface area contributed by atoms with Gasteiger partial charge in [-0.05, 0) is 30.0 Å². The largest absolute Gasteiger partial charge is 0.447 e. The summed E-state index contributed by atoms with van der Waals surface area (Å²) in [6, 6.07) is 29.0. The number of cyclic esters (lactones) is 1. The number of ether oxygens (including phenoxy) is 1. The van der Waals surface area contributed by atoms with Crippen molar-refractivity contribution in [1.82, 2.24) is 4.90 Å². The van der Waals surface area contributed by atoms with E-state index in [0.29, 0.717) is 6.42 Å². The zero-order valence-electron chi connectivity index (χ0n) is 18.2. The first kappa shape index (κ1) is 21.6. The number of carbonyl (C=O) groups is 2. The van der Waals surface area contributed by atoms with E-state index in [1.165, 1.54) is 4.90 Å². The van der Waals surface area contributed by atoms with Crippen molar-refractivity contribution in [2.75, 3.05) is 6.61 Å². The van der Waals surface area contributed by atoms with E-state index in [0.717, 1.165) is 16.7 Å². The number of imide groups is 1. The van der Waals surface area contributed by atoms with Crippen LogP contribution in [0.3, 0.4) is 0 Å². The highest BCUT2D eigenvalue weighted by atomic mass is 16.6. The Morgan fingerprint density at radius 3 is 2.00 bits per heavy atom. The minimum atomic E-state index is -0.928. The van der Waals surface area contributed by atoms with Crippen molar-refractivity contribution in [3.05, 3.63) is 120 Å². The molecule has 1 aliphatic rings. The first-order valence-corrected chi connectivity index (χ1v) is 10.8. The maximum absolute atomic E-state index is 14.0. The summed E-state index contributed by atoms with van der Waals surface area (Å²) >= 11 is 0. The molecule has 2 amide bonds. The Hall–Kier alpha value is -3.66. The molecule has 0 radical (unpaired) electrons. The molecule has 0 saturated carbocycles. The Morgan fingerprint density at radius 2 is 1.50 bits per heavy atom. The van der Waals surface area contributed by atoms with Gasteiger partial charge >= 0.3 is 6.09 Å². The number of carbonyl (C=O) groups excluding carboxylic acids is 2. The Labute approximate surface area is 189 Å². The van der Waals surface area contributed by atoms with E-state index in [1.807, 2.05) is 97.9 Å². The molecule has 1 heterocycles. The maximum atomic E-state index is 14.0. The molecule has 1 aliphatic heterocycles. The van der Waals surface area contributed by atoms with E-state index in [9.17, 15) is 9.59 Å². The lowest BCUT2D eigenvalue weighted by molar-refractivity contribution is -0.134. The number of nitrogens with zero attached hydrogens (tertiary/aromatic N) is 1. The van der Waals surface area contributed by atoms with Gasteiger partial charge in [-0.1, -0.05) is 97.1 Å². The van der Waals surface area contributed by atoms with Crippen LogP contribution in [0.15, 0.2) is 104 Å². The third kappa shape index (κ3) is 3.96. The normalized spacial score (nSPS) is 17.6. The molecule has 162 valence electrons. The quantitative estimate of drug-likeness (QED) is 0.456. The van der Waals surface area contributed by atoms with Crippen LogP contribution >= 0.6 is 0 Å². The van der Waals surface area contributed by atoms with E-state index >= 15 is 0 Å². The number of allylic oxidation sites excluding steroid dienone is 1. The fourth-order valence-corrected chi connectivity index (χ4v) is 4.56. The molecule has 4 heteroatoms. The SMILES string of the molecule is C=CC[C@](C)(C(=O)N1C(=O)OC[C@H]1C(c1ccccc1)c1ccccc1)c1ccccc1. The second-order valence-electron chi connectivity index (χ2n) is 8.31. The minimum absolute atomic E-state index is 0.151. The predicted octanol–water partition coefficient (Wildman–Crippen LogP) is 5.70. The first-order chi connectivity index (χ1) is 15.6. The Morgan fingerprint density at radius 1 is 1.00 bits per heavy atom. The van der Waals surface area contributed by atoms with Crippen LogP contribution in [0.1, 0.15) is 36.0 Å². The average molecular weight is 426 g/mol. The molecule has 0 bridgehead atoms. The molecule has 0 spiro atoms. The topological polar surface area (TPSA) is 46.6 Å². The van der Waals surface area contributed by atoms with Gasteiger partial charge in [-0.2, -0.15) is 0 Å². The van der Waals surface area contributed by atoms with E-state index in [-0.39, 0.29) is 18.4 Å². The van der Waals surface area contributed by atoms with Crippen molar-refractivity contribution in [1.29, 1.82) is 0 Å². The average Bonchev–Trinajstić information content (AvgIpc) is 3.21. The van der Waals surface area contributed by atoms with E-state index in [4.69, 9.17) is 4.74 Å². The zero-order valence-corrected chi connectivity index (χ0v) is 18.2. The van der Waals surface area contributed by atoms with E-state index in [1.54, 1.807) is 6.08 Å². The second-order valence-corrected chi connectivity index (χ2v) is 8.31. The summed E-state index contributed by atoms with van der Waals surface area (Å²) in [6.45, 7) is 5.88. The van der Waals surface area contributed by atoms with Gasteiger partial charge < -0.3 is 4.74 Å². The van der Waals surface area contributed by atoms with Gasteiger partial charge in [0.05, 0.1) is 11.5 Å². The van der Waals surface area contributed by atoms with Gasteiger partial charge in [-0.15, -0.1) is 6.58 Å². The molecule has 4 rings (SSSR count). The summed E-state index contributed by atoms with van der Waals surface area (Å²) in [5, 5.41) is 0. The van der Waals surface area contributed by atoms with Crippen molar-refractivity contribution in [2.24, 2.45) is 0 Å². The predicted molar refractivity (Wildman–Crippen MR) is 125 cm³/mol. The van der Waals surface area contributed by atoms with Crippen LogP contribution in [0.4, 0.5) is 4.79 Å². The number of benzene rings is 3. The molecule has 1 fully saturated rings. The van der Waals surface area contributed by atoms with Crippen LogP contribution in [0.5, 0.6) is 0 Å². The highest BCUT2D eigenvalue weighted by Gasteiger charge is 2.49. The van der Waals surface area contributed by atoms with Gasteiger partial charge in [0.25, 0.3) is 0 Å². The third-order valence-electron chi connectivity index (χ3n) is 6.26. The lowest BCUT2D eigenvalue weighted by atomic mass is 9.77. The summed E-state index contributed by atoms with van der Waals surface area (Å²) < 4.78 is 5.47. The standard InChI is InChI=1S/C28H27NO3/c1-3-19-28(2,23-17-11-6-12-18-23)26(30)29-24(20-32-27(29)31)25(21-13-7-4-8-14-21)22-15-9-5-10-16-22/h3-18,24-25H,1,19-20H2,2H3/t24-,28-/m0/s1. The molecule has 3 aromatic carbocycles. The fourth-order valence-electron chi connectivity index (χ4n) is 4.56. The van der Waals surface area contributed by atoms with Gasteiger partial charge in [0.1, 0.15) is 6.61 Å². The molecular weight excluding hydrogens is 398 g/mol. The van der Waals surface area contributed by atoms with E-state index in [2.05, 4.69) is 6.58 Å². The van der Waals surface area contributed by atoms with Gasteiger partial charge in [0, 0.05) is 5.92 Å². The Kier molecular flexibility index (Phi) is 6.22. The molecule has 0 aromatic heterocycles.